The highest BCUT2D eigenvalue weighted by Crippen LogP contribution is 2.37. The van der Waals surface area contributed by atoms with Gasteiger partial charge in [0.15, 0.2) is 18.1 Å². The summed E-state index contributed by atoms with van der Waals surface area (Å²) in [4.78, 5) is 37.7. The third kappa shape index (κ3) is 5.44. The normalized spacial score (nSPS) is 14.5. The predicted molar refractivity (Wildman–Crippen MR) is 120 cm³/mol. The maximum absolute atomic E-state index is 13.0. The van der Waals surface area contributed by atoms with Crippen LogP contribution in [-0.4, -0.2) is 43.0 Å². The Kier molecular flexibility index (Phi) is 7.47. The van der Waals surface area contributed by atoms with Crippen LogP contribution in [-0.2, 0) is 9.59 Å². The van der Waals surface area contributed by atoms with Crippen LogP contribution in [0.15, 0.2) is 46.6 Å². The van der Waals surface area contributed by atoms with Gasteiger partial charge in [-0.2, -0.15) is 0 Å². The Morgan fingerprint density at radius 2 is 1.97 bits per heavy atom. The largest absolute Gasteiger partial charge is 0.493 e. The molecule has 0 bridgehead atoms. The summed E-state index contributed by atoms with van der Waals surface area (Å²) in [6.45, 7) is 1.90. The molecule has 1 aliphatic heterocycles. The molecule has 4 amide bonds. The Morgan fingerprint density at radius 1 is 1.25 bits per heavy atom. The van der Waals surface area contributed by atoms with Gasteiger partial charge >= 0.3 is 6.03 Å². The Bertz CT molecular complexity index is 1070. The van der Waals surface area contributed by atoms with E-state index in [9.17, 15) is 18.8 Å². The van der Waals surface area contributed by atoms with E-state index in [2.05, 4.69) is 26.6 Å². The number of benzene rings is 2. The number of ether oxygens (including phenoxy) is 2. The van der Waals surface area contributed by atoms with E-state index >= 15 is 0 Å². The Hall–Kier alpha value is -3.40. The topological polar surface area (TPSA) is 97.0 Å². The molecule has 32 heavy (non-hydrogen) atoms. The molecule has 8 nitrogen and oxygen atoms in total. The van der Waals surface area contributed by atoms with Gasteiger partial charge in [0, 0.05) is 12.2 Å². The molecule has 1 fully saturated rings. The van der Waals surface area contributed by atoms with Gasteiger partial charge in [-0.05, 0) is 70.4 Å². The van der Waals surface area contributed by atoms with Crippen molar-refractivity contribution in [3.05, 3.63) is 57.9 Å². The van der Waals surface area contributed by atoms with Crippen molar-refractivity contribution in [3.63, 3.8) is 0 Å². The standard InChI is InChI=1S/C22H21BrFN3O5/c1-3-8-27-21(29)17(26-22(27)30)10-13-9-16(23)20(18(11-13)31-2)32-12-19(28)25-15-6-4-14(24)5-7-15/h4-7,9-11H,3,8,12H2,1-2H3,(H,25,28)(H,26,30)/b17-10+. The molecule has 3 rings (SSSR count). The van der Waals surface area contributed by atoms with Gasteiger partial charge in [-0.1, -0.05) is 6.92 Å². The number of hydrogen-bond acceptors (Lipinski definition) is 5. The van der Waals surface area contributed by atoms with Crippen molar-refractivity contribution >= 4 is 45.5 Å². The van der Waals surface area contributed by atoms with Crippen molar-refractivity contribution in [3.8, 4) is 11.5 Å². The summed E-state index contributed by atoms with van der Waals surface area (Å²) in [5, 5.41) is 5.16. The van der Waals surface area contributed by atoms with Crippen molar-refractivity contribution in [1.82, 2.24) is 10.2 Å². The van der Waals surface area contributed by atoms with Crippen molar-refractivity contribution in [1.29, 1.82) is 0 Å². The van der Waals surface area contributed by atoms with Crippen LogP contribution in [0, 0.1) is 5.82 Å². The quantitative estimate of drug-likeness (QED) is 0.418. The molecule has 168 valence electrons. The minimum atomic E-state index is -0.457. The second-order valence-electron chi connectivity index (χ2n) is 6.82. The molecule has 0 aliphatic carbocycles. The molecule has 1 saturated heterocycles. The van der Waals surface area contributed by atoms with Gasteiger partial charge in [0.2, 0.25) is 0 Å². The van der Waals surface area contributed by atoms with Crippen molar-refractivity contribution in [2.24, 2.45) is 0 Å². The number of hydrogen-bond donors (Lipinski definition) is 2. The number of nitrogens with zero attached hydrogens (tertiary/aromatic N) is 1. The molecule has 10 heteroatoms. The first-order valence-corrected chi connectivity index (χ1v) is 10.5. The fourth-order valence-electron chi connectivity index (χ4n) is 3.00. The highest BCUT2D eigenvalue weighted by atomic mass is 79.9. The van der Waals surface area contributed by atoms with Crippen molar-refractivity contribution < 1.29 is 28.2 Å². The van der Waals surface area contributed by atoms with Gasteiger partial charge in [-0.15, -0.1) is 0 Å². The van der Waals surface area contributed by atoms with E-state index in [0.29, 0.717) is 40.2 Å². The summed E-state index contributed by atoms with van der Waals surface area (Å²) in [5.74, 6) is -0.627. The van der Waals surface area contributed by atoms with Crippen LogP contribution >= 0.6 is 15.9 Å². The summed E-state index contributed by atoms with van der Waals surface area (Å²) in [5.41, 5.74) is 1.18. The van der Waals surface area contributed by atoms with Crippen LogP contribution in [0.1, 0.15) is 18.9 Å². The molecular weight excluding hydrogens is 485 g/mol. The summed E-state index contributed by atoms with van der Waals surface area (Å²) in [7, 11) is 1.44. The first-order valence-electron chi connectivity index (χ1n) is 9.72. The molecule has 0 radical (unpaired) electrons. The van der Waals surface area contributed by atoms with Crippen molar-refractivity contribution in [2.45, 2.75) is 13.3 Å². The number of anilines is 1. The average molecular weight is 506 g/mol. The zero-order valence-electron chi connectivity index (χ0n) is 17.4. The van der Waals surface area contributed by atoms with E-state index in [1.165, 1.54) is 37.5 Å². The Balaban J connectivity index is 1.72. The van der Waals surface area contributed by atoms with Crippen LogP contribution in [0.2, 0.25) is 0 Å². The number of methoxy groups -OCH3 is 1. The van der Waals surface area contributed by atoms with Crippen LogP contribution in [0.25, 0.3) is 6.08 Å². The van der Waals surface area contributed by atoms with Gasteiger partial charge in [-0.25, -0.2) is 9.18 Å². The molecule has 1 heterocycles. The summed E-state index contributed by atoms with van der Waals surface area (Å²) >= 11 is 3.39. The molecule has 0 aromatic heterocycles. The van der Waals surface area contributed by atoms with Crippen LogP contribution in [0.4, 0.5) is 14.9 Å². The van der Waals surface area contributed by atoms with Gasteiger partial charge < -0.3 is 20.1 Å². The zero-order chi connectivity index (χ0) is 23.3. The molecule has 2 aromatic rings. The Labute approximate surface area is 192 Å². The summed E-state index contributed by atoms with van der Waals surface area (Å²) in [6.07, 6.45) is 2.20. The molecule has 1 aliphatic rings. The number of halogens is 2. The predicted octanol–water partition coefficient (Wildman–Crippen LogP) is 3.92. The monoisotopic (exact) mass is 505 g/mol. The van der Waals surface area contributed by atoms with Gasteiger partial charge in [-0.3, -0.25) is 14.5 Å². The summed E-state index contributed by atoms with van der Waals surface area (Å²) in [6, 6.07) is 8.19. The lowest BCUT2D eigenvalue weighted by Crippen LogP contribution is -2.31. The molecule has 2 aromatic carbocycles. The highest BCUT2D eigenvalue weighted by molar-refractivity contribution is 9.10. The molecular formula is C22H21BrFN3O5. The number of amides is 4. The lowest BCUT2D eigenvalue weighted by molar-refractivity contribution is -0.123. The van der Waals surface area contributed by atoms with E-state index in [4.69, 9.17) is 9.47 Å². The van der Waals surface area contributed by atoms with Crippen molar-refractivity contribution in [2.75, 3.05) is 25.6 Å². The Morgan fingerprint density at radius 3 is 2.62 bits per heavy atom. The number of carbonyl (C=O) groups excluding carboxylic acids is 3. The fraction of sp³-hybridized carbons (Fsp3) is 0.227. The lowest BCUT2D eigenvalue weighted by atomic mass is 10.1. The van der Waals surface area contributed by atoms with Gasteiger partial charge in [0.1, 0.15) is 11.5 Å². The van der Waals surface area contributed by atoms with E-state index in [1.807, 2.05) is 6.92 Å². The first kappa shape index (κ1) is 23.3. The molecule has 2 N–H and O–H groups in total. The van der Waals surface area contributed by atoms with Gasteiger partial charge in [0.25, 0.3) is 11.8 Å². The maximum Gasteiger partial charge on any atom is 0.329 e. The second-order valence-corrected chi connectivity index (χ2v) is 7.68. The number of carbonyl (C=O) groups is 3. The third-order valence-electron chi connectivity index (χ3n) is 4.45. The lowest BCUT2D eigenvalue weighted by Gasteiger charge is -2.14. The minimum absolute atomic E-state index is 0.157. The zero-order valence-corrected chi connectivity index (χ0v) is 19.0. The first-order chi connectivity index (χ1) is 15.3. The van der Waals surface area contributed by atoms with Crippen LogP contribution < -0.4 is 20.1 Å². The minimum Gasteiger partial charge on any atom is -0.493 e. The molecule has 0 spiro atoms. The molecule has 0 unspecified atom stereocenters. The smallest absolute Gasteiger partial charge is 0.329 e. The van der Waals surface area contributed by atoms with Crippen LogP contribution in [0.3, 0.4) is 0 Å². The molecule has 0 saturated carbocycles. The second kappa shape index (κ2) is 10.3. The summed E-state index contributed by atoms with van der Waals surface area (Å²) < 4.78 is 24.4. The highest BCUT2D eigenvalue weighted by Gasteiger charge is 2.32. The number of urea groups is 1. The third-order valence-corrected chi connectivity index (χ3v) is 5.04. The van der Waals surface area contributed by atoms with E-state index in [0.717, 1.165) is 4.90 Å². The number of imide groups is 1. The average Bonchev–Trinajstić information content (AvgIpc) is 3.02. The number of rotatable bonds is 8. The van der Waals surface area contributed by atoms with E-state index in [1.54, 1.807) is 12.1 Å². The SMILES string of the molecule is CCCN1C(=O)N/C(=C/c2cc(Br)c(OCC(=O)Nc3ccc(F)cc3)c(OC)c2)C1=O. The molecule has 0 atom stereocenters. The van der Waals surface area contributed by atoms with E-state index in [-0.39, 0.29) is 12.3 Å². The maximum atomic E-state index is 13.0. The van der Waals surface area contributed by atoms with Gasteiger partial charge in [0.05, 0.1) is 11.6 Å². The fourth-order valence-corrected chi connectivity index (χ4v) is 3.57. The van der Waals surface area contributed by atoms with Crippen LogP contribution in [0.5, 0.6) is 11.5 Å². The van der Waals surface area contributed by atoms with E-state index < -0.39 is 23.7 Å². The number of nitrogens with one attached hydrogen (secondary N) is 2.